The van der Waals surface area contributed by atoms with Gasteiger partial charge in [0.05, 0.1) is 18.0 Å². The van der Waals surface area contributed by atoms with Crippen molar-refractivity contribution in [2.75, 3.05) is 0 Å². The van der Waals surface area contributed by atoms with Gasteiger partial charge in [0.2, 0.25) is 0 Å². The molecule has 1 aliphatic heterocycles. The van der Waals surface area contributed by atoms with Crippen LogP contribution in [-0.2, 0) is 0 Å². The summed E-state index contributed by atoms with van der Waals surface area (Å²) in [5, 5.41) is 16.5. The molecule has 0 aliphatic carbocycles. The average Bonchev–Trinajstić information content (AvgIpc) is 3.11. The van der Waals surface area contributed by atoms with E-state index in [2.05, 4.69) is 21.3 Å². The van der Waals surface area contributed by atoms with E-state index in [1.54, 1.807) is 0 Å². The van der Waals surface area contributed by atoms with Gasteiger partial charge in [0.25, 0.3) is 0 Å². The summed E-state index contributed by atoms with van der Waals surface area (Å²) in [6.07, 6.45) is 1.51. The molecule has 4 rings (SSSR count). The molecule has 0 saturated carbocycles. The van der Waals surface area contributed by atoms with Gasteiger partial charge in [-0.2, -0.15) is 10.4 Å². The predicted molar refractivity (Wildman–Crippen MR) is 88.5 cm³/mol. The van der Waals surface area contributed by atoms with Crippen LogP contribution in [0.5, 0.6) is 0 Å². The quantitative estimate of drug-likeness (QED) is 0.767. The number of halogens is 2. The largest absolute Gasteiger partial charge is 0.261 e. The zero-order valence-electron chi connectivity index (χ0n) is 12.9. The molecule has 2 aromatic carbocycles. The summed E-state index contributed by atoms with van der Waals surface area (Å²) in [7, 11) is 0. The molecule has 4 nitrogen and oxygen atoms in total. The molecule has 122 valence electrons. The third-order valence-corrected chi connectivity index (χ3v) is 4.37. The fourth-order valence-electron chi connectivity index (χ4n) is 3.23. The standard InChI is InChI=1S/C19H12F2N4/c20-15-8-4-7-12(17(15)21)16-13(9-22)18(11-5-2-1-3-6-11)24-19-14(16)10-23-25-19/h1-8,10,13,16H,(H,23,25). The van der Waals surface area contributed by atoms with Gasteiger partial charge in [0, 0.05) is 17.0 Å². The molecule has 0 spiro atoms. The van der Waals surface area contributed by atoms with Crippen LogP contribution in [0.4, 0.5) is 14.6 Å². The van der Waals surface area contributed by atoms with E-state index in [0.717, 1.165) is 11.6 Å². The van der Waals surface area contributed by atoms with Gasteiger partial charge < -0.3 is 0 Å². The molecule has 2 heterocycles. The number of nitrogens with one attached hydrogen (secondary N) is 1. The molecule has 2 atom stereocenters. The van der Waals surface area contributed by atoms with Gasteiger partial charge in [0.1, 0.15) is 5.92 Å². The van der Waals surface area contributed by atoms with Gasteiger partial charge in [-0.1, -0.05) is 42.5 Å². The summed E-state index contributed by atoms with van der Waals surface area (Å²) >= 11 is 0. The minimum Gasteiger partial charge on any atom is -0.261 e. The van der Waals surface area contributed by atoms with Crippen molar-refractivity contribution in [3.8, 4) is 6.07 Å². The second kappa shape index (κ2) is 5.95. The van der Waals surface area contributed by atoms with Crippen molar-refractivity contribution in [2.45, 2.75) is 5.92 Å². The first-order valence-corrected chi connectivity index (χ1v) is 7.71. The first-order valence-electron chi connectivity index (χ1n) is 7.71. The summed E-state index contributed by atoms with van der Waals surface area (Å²) in [5.41, 5.74) is 1.97. The Kier molecular flexibility index (Phi) is 3.62. The van der Waals surface area contributed by atoms with Crippen molar-refractivity contribution in [1.82, 2.24) is 10.2 Å². The number of aromatic nitrogens is 2. The first kappa shape index (κ1) is 15.2. The lowest BCUT2D eigenvalue weighted by Gasteiger charge is -2.27. The van der Waals surface area contributed by atoms with E-state index in [1.165, 1.54) is 18.3 Å². The topological polar surface area (TPSA) is 64.8 Å². The van der Waals surface area contributed by atoms with E-state index < -0.39 is 23.5 Å². The summed E-state index contributed by atoms with van der Waals surface area (Å²) in [5.74, 6) is -2.89. The van der Waals surface area contributed by atoms with Gasteiger partial charge >= 0.3 is 0 Å². The Bertz CT molecular complexity index is 1000. The van der Waals surface area contributed by atoms with Crippen molar-refractivity contribution < 1.29 is 8.78 Å². The zero-order valence-corrected chi connectivity index (χ0v) is 12.9. The molecule has 3 aromatic rings. The molecular weight excluding hydrogens is 322 g/mol. The molecule has 0 radical (unpaired) electrons. The second-order valence-electron chi connectivity index (χ2n) is 5.76. The van der Waals surface area contributed by atoms with E-state index in [4.69, 9.17) is 0 Å². The van der Waals surface area contributed by atoms with E-state index in [0.29, 0.717) is 17.1 Å². The summed E-state index contributed by atoms with van der Waals surface area (Å²) in [4.78, 5) is 4.52. The first-order chi connectivity index (χ1) is 12.2. The van der Waals surface area contributed by atoms with Gasteiger partial charge in [-0.05, 0) is 11.6 Å². The highest BCUT2D eigenvalue weighted by Crippen LogP contribution is 2.43. The number of nitrogens with zero attached hydrogens (tertiary/aromatic N) is 3. The van der Waals surface area contributed by atoms with Crippen LogP contribution in [0, 0.1) is 28.9 Å². The molecule has 1 aromatic heterocycles. The van der Waals surface area contributed by atoms with Crippen LogP contribution < -0.4 is 0 Å². The summed E-state index contributed by atoms with van der Waals surface area (Å²) in [6.45, 7) is 0. The number of fused-ring (bicyclic) bond motifs is 1. The van der Waals surface area contributed by atoms with Gasteiger partial charge in [-0.15, -0.1) is 0 Å². The summed E-state index contributed by atoms with van der Waals surface area (Å²) in [6, 6.07) is 15.4. The van der Waals surface area contributed by atoms with Crippen molar-refractivity contribution in [3.05, 3.63) is 83.1 Å². The van der Waals surface area contributed by atoms with E-state index in [1.807, 2.05) is 30.3 Å². The number of hydrogen-bond acceptors (Lipinski definition) is 3. The van der Waals surface area contributed by atoms with E-state index >= 15 is 0 Å². The second-order valence-corrected chi connectivity index (χ2v) is 5.76. The van der Waals surface area contributed by atoms with Crippen LogP contribution in [0.3, 0.4) is 0 Å². The molecule has 1 aliphatic rings. The molecular formula is C19H12F2N4. The smallest absolute Gasteiger partial charge is 0.162 e. The minimum absolute atomic E-state index is 0.123. The van der Waals surface area contributed by atoms with Gasteiger partial charge in [-0.25, -0.2) is 13.8 Å². The lowest BCUT2D eigenvalue weighted by molar-refractivity contribution is 0.489. The van der Waals surface area contributed by atoms with Gasteiger partial charge in [-0.3, -0.25) is 5.10 Å². The van der Waals surface area contributed by atoms with Crippen LogP contribution in [-0.4, -0.2) is 15.9 Å². The Balaban J connectivity index is 1.95. The highest BCUT2D eigenvalue weighted by molar-refractivity contribution is 6.07. The monoisotopic (exact) mass is 334 g/mol. The number of aliphatic imine (C=N–C) groups is 1. The van der Waals surface area contributed by atoms with Crippen molar-refractivity contribution >= 4 is 11.5 Å². The normalized spacial score (nSPS) is 19.0. The Morgan fingerprint density at radius 2 is 1.80 bits per heavy atom. The van der Waals surface area contributed by atoms with Crippen LogP contribution in [0.2, 0.25) is 0 Å². The Hall–Kier alpha value is -3.33. The molecule has 0 fully saturated rings. The maximum atomic E-state index is 14.5. The molecule has 25 heavy (non-hydrogen) atoms. The van der Waals surface area contributed by atoms with E-state index in [9.17, 15) is 14.0 Å². The molecule has 0 bridgehead atoms. The van der Waals surface area contributed by atoms with Gasteiger partial charge in [0.15, 0.2) is 17.5 Å². The van der Waals surface area contributed by atoms with Crippen molar-refractivity contribution in [3.63, 3.8) is 0 Å². The zero-order chi connectivity index (χ0) is 17.4. The van der Waals surface area contributed by atoms with Crippen LogP contribution in [0.25, 0.3) is 0 Å². The third-order valence-electron chi connectivity index (χ3n) is 4.37. The lowest BCUT2D eigenvalue weighted by atomic mass is 9.76. The fourth-order valence-corrected chi connectivity index (χ4v) is 3.23. The molecule has 2 unspecified atom stereocenters. The maximum Gasteiger partial charge on any atom is 0.162 e. The van der Waals surface area contributed by atoms with Crippen molar-refractivity contribution in [1.29, 1.82) is 5.26 Å². The average molecular weight is 334 g/mol. The molecule has 0 saturated heterocycles. The number of benzene rings is 2. The predicted octanol–water partition coefficient (Wildman–Crippen LogP) is 4.09. The molecule has 0 amide bonds. The molecule has 6 heteroatoms. The third kappa shape index (κ3) is 2.41. The number of rotatable bonds is 2. The fraction of sp³-hybridized carbons (Fsp3) is 0.105. The molecule has 1 N–H and O–H groups in total. The van der Waals surface area contributed by atoms with Crippen LogP contribution in [0.15, 0.2) is 59.7 Å². The Morgan fingerprint density at radius 1 is 1.00 bits per heavy atom. The minimum atomic E-state index is -0.950. The van der Waals surface area contributed by atoms with Crippen molar-refractivity contribution in [2.24, 2.45) is 10.9 Å². The lowest BCUT2D eigenvalue weighted by Crippen LogP contribution is -2.26. The Labute approximate surface area is 142 Å². The SMILES string of the molecule is N#CC1C(c2ccccc2)=Nc2[nH]ncc2C1c1cccc(F)c1F. The number of aromatic amines is 1. The van der Waals surface area contributed by atoms with E-state index in [-0.39, 0.29) is 5.56 Å². The highest BCUT2D eigenvalue weighted by Gasteiger charge is 2.38. The highest BCUT2D eigenvalue weighted by atomic mass is 19.2. The van der Waals surface area contributed by atoms with Crippen LogP contribution >= 0.6 is 0 Å². The maximum absolute atomic E-state index is 14.5. The Morgan fingerprint density at radius 3 is 2.56 bits per heavy atom. The van der Waals surface area contributed by atoms with Crippen LogP contribution in [0.1, 0.15) is 22.6 Å². The number of nitriles is 1. The number of H-pyrrole nitrogens is 1. The summed E-state index contributed by atoms with van der Waals surface area (Å²) < 4.78 is 28.2. The number of hydrogen-bond donors (Lipinski definition) is 1.